The molecule has 5 nitrogen and oxygen atoms in total. The van der Waals surface area contributed by atoms with E-state index in [1.165, 1.54) is 5.56 Å². The van der Waals surface area contributed by atoms with Crippen molar-refractivity contribution >= 4 is 10.9 Å². The summed E-state index contributed by atoms with van der Waals surface area (Å²) in [5.74, 6) is 0.866. The highest BCUT2D eigenvalue weighted by Crippen LogP contribution is 2.32. The summed E-state index contributed by atoms with van der Waals surface area (Å²) in [6, 6.07) is 10.3. The Kier molecular flexibility index (Phi) is 7.96. The number of hydrogen-bond donors (Lipinski definition) is 0. The van der Waals surface area contributed by atoms with Gasteiger partial charge in [0.05, 0.1) is 6.61 Å². The Bertz CT molecular complexity index is 891. The van der Waals surface area contributed by atoms with Gasteiger partial charge in [-0.2, -0.15) is 0 Å². The number of fused-ring (bicyclic) bond motifs is 1. The van der Waals surface area contributed by atoms with Gasteiger partial charge in [-0.05, 0) is 48.2 Å². The van der Waals surface area contributed by atoms with E-state index in [2.05, 4.69) is 33.9 Å². The summed E-state index contributed by atoms with van der Waals surface area (Å²) in [7, 11) is 0. The molecule has 3 aromatic rings. The van der Waals surface area contributed by atoms with E-state index in [0.717, 1.165) is 67.0 Å². The largest absolute Gasteiger partial charge is 0.486 e. The first-order valence-corrected chi connectivity index (χ1v) is 10.5. The fourth-order valence-corrected chi connectivity index (χ4v) is 3.58. The van der Waals surface area contributed by atoms with Gasteiger partial charge in [-0.3, -0.25) is 14.9 Å². The van der Waals surface area contributed by atoms with Crippen molar-refractivity contribution in [3.63, 3.8) is 0 Å². The normalized spacial score (nSPS) is 14.7. The molecule has 1 saturated heterocycles. The zero-order chi connectivity index (χ0) is 20.5. The molecule has 0 saturated carbocycles. The van der Waals surface area contributed by atoms with Crippen LogP contribution in [-0.2, 0) is 17.9 Å². The Labute approximate surface area is 173 Å². The Morgan fingerprint density at radius 2 is 1.90 bits per heavy atom. The van der Waals surface area contributed by atoms with E-state index in [0.29, 0.717) is 6.61 Å². The molecule has 29 heavy (non-hydrogen) atoms. The first kappa shape index (κ1) is 21.2. The van der Waals surface area contributed by atoms with E-state index in [1.807, 2.05) is 38.2 Å². The Morgan fingerprint density at radius 1 is 1.07 bits per heavy atom. The molecule has 0 aliphatic carbocycles. The van der Waals surface area contributed by atoms with Crippen LogP contribution in [-0.4, -0.2) is 41.2 Å². The van der Waals surface area contributed by atoms with Crippen molar-refractivity contribution in [3.8, 4) is 5.75 Å². The highest BCUT2D eigenvalue weighted by atomic mass is 16.5. The predicted octanol–water partition coefficient (Wildman–Crippen LogP) is 4.77. The lowest BCUT2D eigenvalue weighted by Gasteiger charge is -2.21. The standard InChI is InChI=1S/C22H25N3O2.C2H6/c1-17-14-19(15-25-10-3-12-26-13-11-25)20-4-2-7-24-21(20)22(17)27-16-18-5-8-23-9-6-18;1-2/h2,4-9,14H,3,10-13,15-16H2,1H3;1-2H3. The Morgan fingerprint density at radius 3 is 2.72 bits per heavy atom. The summed E-state index contributed by atoms with van der Waals surface area (Å²) in [5.41, 5.74) is 4.46. The van der Waals surface area contributed by atoms with Crippen LogP contribution < -0.4 is 4.74 Å². The molecule has 154 valence electrons. The van der Waals surface area contributed by atoms with Crippen LogP contribution in [0, 0.1) is 6.92 Å². The van der Waals surface area contributed by atoms with E-state index in [-0.39, 0.29) is 0 Å². The molecule has 0 amide bonds. The number of benzene rings is 1. The van der Waals surface area contributed by atoms with Gasteiger partial charge in [-0.1, -0.05) is 26.0 Å². The minimum Gasteiger partial charge on any atom is -0.486 e. The zero-order valence-electron chi connectivity index (χ0n) is 17.7. The summed E-state index contributed by atoms with van der Waals surface area (Å²) >= 11 is 0. The lowest BCUT2D eigenvalue weighted by Crippen LogP contribution is -2.26. The van der Waals surface area contributed by atoms with Gasteiger partial charge in [0.15, 0.2) is 0 Å². The molecule has 4 rings (SSSR count). The van der Waals surface area contributed by atoms with Gasteiger partial charge in [0.25, 0.3) is 0 Å². The van der Waals surface area contributed by atoms with E-state index in [1.54, 1.807) is 12.4 Å². The van der Waals surface area contributed by atoms with E-state index < -0.39 is 0 Å². The molecule has 1 aromatic carbocycles. The monoisotopic (exact) mass is 393 g/mol. The van der Waals surface area contributed by atoms with Crippen LogP contribution >= 0.6 is 0 Å². The van der Waals surface area contributed by atoms with Crippen molar-refractivity contribution in [1.29, 1.82) is 0 Å². The van der Waals surface area contributed by atoms with Crippen LogP contribution in [0.25, 0.3) is 10.9 Å². The summed E-state index contributed by atoms with van der Waals surface area (Å²) in [5, 5.41) is 1.16. The summed E-state index contributed by atoms with van der Waals surface area (Å²) < 4.78 is 11.8. The smallest absolute Gasteiger partial charge is 0.148 e. The summed E-state index contributed by atoms with van der Waals surface area (Å²) in [6.07, 6.45) is 6.50. The predicted molar refractivity (Wildman–Crippen MR) is 117 cm³/mol. The highest BCUT2D eigenvalue weighted by molar-refractivity contribution is 5.88. The van der Waals surface area contributed by atoms with Gasteiger partial charge >= 0.3 is 0 Å². The molecule has 5 heteroatoms. The molecule has 1 aliphatic heterocycles. The van der Waals surface area contributed by atoms with Crippen molar-refractivity contribution in [2.45, 2.75) is 40.3 Å². The number of rotatable bonds is 5. The van der Waals surface area contributed by atoms with Crippen molar-refractivity contribution in [1.82, 2.24) is 14.9 Å². The Hall–Kier alpha value is -2.50. The third kappa shape index (κ3) is 5.52. The second-order valence-corrected chi connectivity index (χ2v) is 6.97. The second-order valence-electron chi connectivity index (χ2n) is 6.97. The maximum absolute atomic E-state index is 6.18. The lowest BCUT2D eigenvalue weighted by molar-refractivity contribution is 0.140. The third-order valence-corrected chi connectivity index (χ3v) is 4.96. The number of hydrogen-bond acceptors (Lipinski definition) is 5. The first-order chi connectivity index (χ1) is 14.3. The number of pyridine rings is 2. The number of nitrogens with zero attached hydrogens (tertiary/aromatic N) is 3. The van der Waals surface area contributed by atoms with Crippen molar-refractivity contribution in [2.75, 3.05) is 26.3 Å². The van der Waals surface area contributed by atoms with Crippen LogP contribution in [0.4, 0.5) is 0 Å². The number of aromatic nitrogens is 2. The maximum atomic E-state index is 6.18. The average molecular weight is 394 g/mol. The topological polar surface area (TPSA) is 47.5 Å². The van der Waals surface area contributed by atoms with Gasteiger partial charge in [0.1, 0.15) is 17.9 Å². The molecule has 0 bridgehead atoms. The van der Waals surface area contributed by atoms with Crippen LogP contribution in [0.5, 0.6) is 5.75 Å². The number of aryl methyl sites for hydroxylation is 1. The molecular formula is C24H31N3O2. The average Bonchev–Trinajstić information content (AvgIpc) is 3.04. The number of ether oxygens (including phenoxy) is 2. The quantitative estimate of drug-likeness (QED) is 0.625. The van der Waals surface area contributed by atoms with Crippen molar-refractivity contribution < 1.29 is 9.47 Å². The highest BCUT2D eigenvalue weighted by Gasteiger charge is 2.16. The molecule has 1 aliphatic rings. The maximum Gasteiger partial charge on any atom is 0.148 e. The van der Waals surface area contributed by atoms with Gasteiger partial charge in [-0.25, -0.2) is 0 Å². The fraction of sp³-hybridized carbons (Fsp3) is 0.417. The van der Waals surface area contributed by atoms with Gasteiger partial charge in [-0.15, -0.1) is 0 Å². The van der Waals surface area contributed by atoms with Crippen LogP contribution in [0.1, 0.15) is 37.0 Å². The SMILES string of the molecule is CC.Cc1cc(CN2CCCOCC2)c2cccnc2c1OCc1ccncc1. The minimum absolute atomic E-state index is 0.512. The first-order valence-electron chi connectivity index (χ1n) is 10.5. The fourth-order valence-electron chi connectivity index (χ4n) is 3.58. The molecule has 0 atom stereocenters. The van der Waals surface area contributed by atoms with Crippen molar-refractivity contribution in [2.24, 2.45) is 0 Å². The van der Waals surface area contributed by atoms with Gasteiger partial charge < -0.3 is 9.47 Å². The van der Waals surface area contributed by atoms with Gasteiger partial charge in [0, 0.05) is 50.2 Å². The molecule has 0 unspecified atom stereocenters. The lowest BCUT2D eigenvalue weighted by atomic mass is 10.0. The van der Waals surface area contributed by atoms with Crippen LogP contribution in [0.2, 0.25) is 0 Å². The van der Waals surface area contributed by atoms with E-state index in [9.17, 15) is 0 Å². The molecule has 0 radical (unpaired) electrons. The molecule has 0 spiro atoms. The van der Waals surface area contributed by atoms with Crippen LogP contribution in [0.3, 0.4) is 0 Å². The minimum atomic E-state index is 0.512. The van der Waals surface area contributed by atoms with E-state index in [4.69, 9.17) is 9.47 Å². The molecule has 3 heterocycles. The zero-order valence-corrected chi connectivity index (χ0v) is 17.7. The summed E-state index contributed by atoms with van der Waals surface area (Å²) in [4.78, 5) is 11.2. The second kappa shape index (κ2) is 10.9. The van der Waals surface area contributed by atoms with E-state index >= 15 is 0 Å². The van der Waals surface area contributed by atoms with Crippen molar-refractivity contribution in [3.05, 3.63) is 65.6 Å². The molecular weight excluding hydrogens is 362 g/mol. The molecule has 0 N–H and O–H groups in total. The molecule has 2 aromatic heterocycles. The molecule has 1 fully saturated rings. The summed E-state index contributed by atoms with van der Waals surface area (Å²) in [6.45, 7) is 11.2. The van der Waals surface area contributed by atoms with Crippen LogP contribution in [0.15, 0.2) is 48.9 Å². The third-order valence-electron chi connectivity index (χ3n) is 4.96. The Balaban J connectivity index is 0.00000117. The van der Waals surface area contributed by atoms with Gasteiger partial charge in [0.2, 0.25) is 0 Å².